The second-order valence-corrected chi connectivity index (χ2v) is 9.30. The molecule has 0 aromatic heterocycles. The maximum Gasteiger partial charge on any atom is 0.309 e. The fourth-order valence-electron chi connectivity index (χ4n) is 3.83. The van der Waals surface area contributed by atoms with Gasteiger partial charge in [-0.2, -0.15) is 0 Å². The fraction of sp³-hybridized carbons (Fsp3) is 0.667. The van der Waals surface area contributed by atoms with Crippen molar-refractivity contribution >= 4 is 11.9 Å². The van der Waals surface area contributed by atoms with Gasteiger partial charge in [-0.05, 0) is 88.8 Å². The molecule has 0 heterocycles. The van der Waals surface area contributed by atoms with E-state index in [1.807, 2.05) is 0 Å². The normalized spacial score (nSPS) is 15.4. The second kappa shape index (κ2) is 9.58. The van der Waals surface area contributed by atoms with E-state index in [-0.39, 0.29) is 0 Å². The Morgan fingerprint density at radius 1 is 1.00 bits per heavy atom. The molecule has 1 aliphatic rings. The Balaban J connectivity index is 1.72. The number of carboxylic acids is 2. The van der Waals surface area contributed by atoms with Crippen LogP contribution in [0.3, 0.4) is 0 Å². The maximum atomic E-state index is 11.2. The van der Waals surface area contributed by atoms with Crippen molar-refractivity contribution in [2.75, 3.05) is 0 Å². The lowest BCUT2D eigenvalue weighted by atomic mass is 9.87. The average molecular weight is 389 g/mol. The molecule has 4 nitrogen and oxygen atoms in total. The Morgan fingerprint density at radius 2 is 1.68 bits per heavy atom. The van der Waals surface area contributed by atoms with Gasteiger partial charge in [-0.1, -0.05) is 37.5 Å². The van der Waals surface area contributed by atoms with Crippen molar-refractivity contribution in [2.24, 2.45) is 10.8 Å². The highest BCUT2D eigenvalue weighted by Crippen LogP contribution is 2.50. The van der Waals surface area contributed by atoms with Gasteiger partial charge in [0.1, 0.15) is 0 Å². The van der Waals surface area contributed by atoms with Gasteiger partial charge in [0.25, 0.3) is 0 Å². The molecule has 2 rings (SSSR count). The molecular weight excluding hydrogens is 352 g/mol. The van der Waals surface area contributed by atoms with Crippen LogP contribution in [0.2, 0.25) is 0 Å². The van der Waals surface area contributed by atoms with Crippen molar-refractivity contribution in [3.63, 3.8) is 0 Å². The smallest absolute Gasteiger partial charge is 0.309 e. The van der Waals surface area contributed by atoms with Crippen molar-refractivity contribution in [2.45, 2.75) is 91.4 Å². The van der Waals surface area contributed by atoms with Gasteiger partial charge >= 0.3 is 11.9 Å². The molecular formula is C24H36O4. The Morgan fingerprint density at radius 3 is 2.29 bits per heavy atom. The van der Waals surface area contributed by atoms with Gasteiger partial charge in [0.2, 0.25) is 0 Å². The third-order valence-corrected chi connectivity index (χ3v) is 6.42. The molecule has 1 saturated carbocycles. The van der Waals surface area contributed by atoms with Crippen LogP contribution in [0.1, 0.15) is 88.3 Å². The summed E-state index contributed by atoms with van der Waals surface area (Å²) in [6.45, 7) is 5.74. The summed E-state index contributed by atoms with van der Waals surface area (Å²) in [5.74, 6) is -1.33. The topological polar surface area (TPSA) is 74.6 Å². The number of rotatable bonds is 13. The van der Waals surface area contributed by atoms with E-state index in [2.05, 4.69) is 25.1 Å². The summed E-state index contributed by atoms with van der Waals surface area (Å²) < 4.78 is 0. The highest BCUT2D eigenvalue weighted by atomic mass is 16.4. The minimum atomic E-state index is -0.716. The Bertz CT molecular complexity index is 686. The molecule has 0 atom stereocenters. The fourth-order valence-corrected chi connectivity index (χ4v) is 3.83. The monoisotopic (exact) mass is 388 g/mol. The molecule has 0 amide bonds. The lowest BCUT2D eigenvalue weighted by molar-refractivity contribution is -0.147. The zero-order chi connectivity index (χ0) is 20.8. The van der Waals surface area contributed by atoms with Crippen LogP contribution in [0, 0.1) is 17.8 Å². The van der Waals surface area contributed by atoms with E-state index in [9.17, 15) is 19.8 Å². The predicted octanol–water partition coefficient (Wildman–Crippen LogP) is 5.79. The number of carbonyl (C=O) groups is 2. The van der Waals surface area contributed by atoms with Gasteiger partial charge in [-0.25, -0.2) is 0 Å². The molecule has 0 spiro atoms. The van der Waals surface area contributed by atoms with E-state index in [1.165, 1.54) is 16.7 Å². The molecule has 4 heteroatoms. The third kappa shape index (κ3) is 6.35. The van der Waals surface area contributed by atoms with Crippen LogP contribution >= 0.6 is 0 Å². The first-order valence-corrected chi connectivity index (χ1v) is 10.7. The zero-order valence-corrected chi connectivity index (χ0v) is 17.7. The van der Waals surface area contributed by atoms with Crippen LogP contribution in [0.5, 0.6) is 0 Å². The quantitative estimate of drug-likeness (QED) is 0.420. The number of hydrogen-bond donors (Lipinski definition) is 2. The molecule has 0 radical (unpaired) electrons. The summed E-state index contributed by atoms with van der Waals surface area (Å²) in [5.41, 5.74) is 3.02. The van der Waals surface area contributed by atoms with Crippen molar-refractivity contribution < 1.29 is 19.8 Å². The van der Waals surface area contributed by atoms with Crippen LogP contribution in [0.25, 0.3) is 0 Å². The highest BCUT2D eigenvalue weighted by molar-refractivity contribution is 5.77. The van der Waals surface area contributed by atoms with Gasteiger partial charge in [0.15, 0.2) is 0 Å². The number of carboxylic acid groups (broad SMARTS) is 2. The number of benzene rings is 1. The largest absolute Gasteiger partial charge is 0.481 e. The van der Waals surface area contributed by atoms with E-state index in [0.717, 1.165) is 70.6 Å². The first-order valence-electron chi connectivity index (χ1n) is 10.7. The van der Waals surface area contributed by atoms with Gasteiger partial charge in [0.05, 0.1) is 10.8 Å². The molecule has 28 heavy (non-hydrogen) atoms. The molecule has 1 fully saturated rings. The number of aryl methyl sites for hydroxylation is 3. The second-order valence-electron chi connectivity index (χ2n) is 9.30. The Labute approximate surface area is 169 Å². The van der Waals surface area contributed by atoms with Gasteiger partial charge < -0.3 is 10.2 Å². The Hall–Kier alpha value is -1.84. The predicted molar refractivity (Wildman–Crippen MR) is 112 cm³/mol. The van der Waals surface area contributed by atoms with Crippen LogP contribution in [-0.2, 0) is 22.4 Å². The summed E-state index contributed by atoms with van der Waals surface area (Å²) in [5, 5.41) is 18.4. The van der Waals surface area contributed by atoms with E-state index >= 15 is 0 Å². The first-order chi connectivity index (χ1) is 13.2. The number of aliphatic carboxylic acids is 2. The lowest BCUT2D eigenvalue weighted by Gasteiger charge is -2.18. The summed E-state index contributed by atoms with van der Waals surface area (Å²) in [4.78, 5) is 22.4. The van der Waals surface area contributed by atoms with Gasteiger partial charge in [0, 0.05) is 0 Å². The van der Waals surface area contributed by atoms with Crippen LogP contribution in [0.4, 0.5) is 0 Å². The summed E-state index contributed by atoms with van der Waals surface area (Å²) in [6.07, 6.45) is 10.4. The molecule has 0 aliphatic heterocycles. The van der Waals surface area contributed by atoms with Gasteiger partial charge in [-0.3, -0.25) is 9.59 Å². The molecule has 0 saturated heterocycles. The van der Waals surface area contributed by atoms with E-state index in [1.54, 1.807) is 13.8 Å². The molecule has 1 aliphatic carbocycles. The minimum absolute atomic E-state index is 0.395. The van der Waals surface area contributed by atoms with E-state index < -0.39 is 22.8 Å². The lowest BCUT2D eigenvalue weighted by Crippen LogP contribution is -2.23. The standard InChI is InChI=1S/C24H36O4/c1-18-11-12-19(9-6-8-14-24(15-16-24)22(27)28)17-20(18)10-5-4-7-13-23(2,3)21(25)26/h11-12,17H,4-10,13-16H2,1-3H3,(H,25,26)(H,27,28). The molecule has 2 N–H and O–H groups in total. The SMILES string of the molecule is Cc1ccc(CCCCC2(C(=O)O)CC2)cc1CCCCCC(C)(C)C(=O)O. The van der Waals surface area contributed by atoms with Crippen molar-refractivity contribution in [1.82, 2.24) is 0 Å². The summed E-state index contributed by atoms with van der Waals surface area (Å²) >= 11 is 0. The maximum absolute atomic E-state index is 11.2. The highest BCUT2D eigenvalue weighted by Gasteiger charge is 2.49. The summed E-state index contributed by atoms with van der Waals surface area (Å²) in [6, 6.07) is 6.69. The zero-order valence-electron chi connectivity index (χ0n) is 17.7. The van der Waals surface area contributed by atoms with Crippen LogP contribution in [-0.4, -0.2) is 22.2 Å². The molecule has 0 unspecified atom stereocenters. The van der Waals surface area contributed by atoms with Crippen molar-refractivity contribution in [1.29, 1.82) is 0 Å². The molecule has 0 bridgehead atoms. The van der Waals surface area contributed by atoms with Gasteiger partial charge in [-0.15, -0.1) is 0 Å². The molecule has 156 valence electrons. The van der Waals surface area contributed by atoms with Crippen molar-refractivity contribution in [3.8, 4) is 0 Å². The van der Waals surface area contributed by atoms with Crippen molar-refractivity contribution in [3.05, 3.63) is 34.9 Å². The van der Waals surface area contributed by atoms with Crippen LogP contribution < -0.4 is 0 Å². The average Bonchev–Trinajstić information content (AvgIpc) is 3.42. The minimum Gasteiger partial charge on any atom is -0.481 e. The number of unbranched alkanes of at least 4 members (excludes halogenated alkanes) is 3. The molecule has 1 aromatic carbocycles. The van der Waals surface area contributed by atoms with Crippen LogP contribution in [0.15, 0.2) is 18.2 Å². The summed E-state index contributed by atoms with van der Waals surface area (Å²) in [7, 11) is 0. The first kappa shape index (κ1) is 22.4. The van der Waals surface area contributed by atoms with E-state index in [4.69, 9.17) is 0 Å². The van der Waals surface area contributed by atoms with E-state index in [0.29, 0.717) is 0 Å². The third-order valence-electron chi connectivity index (χ3n) is 6.42. The number of hydrogen-bond acceptors (Lipinski definition) is 2. The Kier molecular flexibility index (Phi) is 7.68. The molecule has 1 aromatic rings.